The minimum Gasteiger partial charge on any atom is -0.394 e. The van der Waals surface area contributed by atoms with Crippen LogP contribution in [0.1, 0.15) is 6.92 Å². The van der Waals surface area contributed by atoms with Gasteiger partial charge in [0.15, 0.2) is 12.6 Å². The van der Waals surface area contributed by atoms with Gasteiger partial charge in [-0.05, 0) is 12.5 Å². The minimum absolute atomic E-state index is 0.0630. The molecule has 2 saturated heterocycles. The second-order valence-electron chi connectivity index (χ2n) is 8.56. The first-order valence-electron chi connectivity index (χ1n) is 10.6. The average molecular weight is 483 g/mol. The van der Waals surface area contributed by atoms with E-state index in [9.17, 15) is 51.1 Å². The van der Waals surface area contributed by atoms with Crippen LogP contribution in [0, 0.1) is 0 Å². The second kappa shape index (κ2) is 10.8. The summed E-state index contributed by atoms with van der Waals surface area (Å²) in [4.78, 5) is 0. The standard InChI is InChI=1S/C19H33NO13/c1-5-9(20-7-2-6(3-21)10(23)13(26)11(7)24)12(25)16(29)19(31-5)33-17-8(4-22)32-18(30)15(28)14(17)27/h2,5,7-30H,3-4H2,1H3/t5-,7-,8+,9+,10-,11-,12+,13+,14-,15-,16-,17-,18-,19+/m1/s1. The van der Waals surface area contributed by atoms with E-state index in [-0.39, 0.29) is 5.57 Å². The fourth-order valence-corrected chi connectivity index (χ4v) is 4.33. The van der Waals surface area contributed by atoms with Crippen molar-refractivity contribution in [1.82, 2.24) is 5.32 Å². The lowest BCUT2D eigenvalue weighted by Gasteiger charge is -2.47. The largest absolute Gasteiger partial charge is 0.394 e. The van der Waals surface area contributed by atoms with E-state index in [2.05, 4.69) is 5.32 Å². The van der Waals surface area contributed by atoms with Gasteiger partial charge in [-0.3, -0.25) is 0 Å². The summed E-state index contributed by atoms with van der Waals surface area (Å²) in [6.45, 7) is 0.249. The fourth-order valence-electron chi connectivity index (χ4n) is 4.33. The molecular weight excluding hydrogens is 450 g/mol. The number of ether oxygens (including phenoxy) is 3. The quantitative estimate of drug-likeness (QED) is 0.157. The lowest BCUT2D eigenvalue weighted by atomic mass is 9.86. The average Bonchev–Trinajstić information content (AvgIpc) is 2.79. The lowest BCUT2D eigenvalue weighted by molar-refractivity contribution is -0.345. The molecule has 0 spiro atoms. The zero-order valence-corrected chi connectivity index (χ0v) is 17.8. The van der Waals surface area contributed by atoms with E-state index in [1.165, 1.54) is 13.0 Å². The van der Waals surface area contributed by atoms with Crippen molar-refractivity contribution in [2.75, 3.05) is 13.2 Å². The lowest BCUT2D eigenvalue weighted by Crippen LogP contribution is -2.68. The number of rotatable bonds is 6. The Morgan fingerprint density at radius 3 is 2.12 bits per heavy atom. The smallest absolute Gasteiger partial charge is 0.187 e. The Bertz CT molecular complexity index is 680. The van der Waals surface area contributed by atoms with E-state index < -0.39 is 98.9 Å². The highest BCUT2D eigenvalue weighted by Crippen LogP contribution is 2.29. The van der Waals surface area contributed by atoms with Gasteiger partial charge in [0.1, 0.15) is 54.9 Å². The normalized spacial score (nSPS) is 51.3. The highest BCUT2D eigenvalue weighted by molar-refractivity contribution is 5.22. The predicted octanol–water partition coefficient (Wildman–Crippen LogP) is -6.39. The molecule has 1 aliphatic carbocycles. The summed E-state index contributed by atoms with van der Waals surface area (Å²) in [6.07, 6.45) is -16.8. The molecule has 0 radical (unpaired) electrons. The summed E-state index contributed by atoms with van der Waals surface area (Å²) in [5.74, 6) is 0. The number of hydrogen-bond donors (Lipinski definition) is 11. The Hall–Kier alpha value is -0.820. The van der Waals surface area contributed by atoms with Crippen LogP contribution in [-0.2, 0) is 14.2 Å². The summed E-state index contributed by atoms with van der Waals surface area (Å²) >= 11 is 0. The molecular formula is C19H33NO13. The maximum Gasteiger partial charge on any atom is 0.187 e. The summed E-state index contributed by atoms with van der Waals surface area (Å²) in [5.41, 5.74) is 0.0630. The van der Waals surface area contributed by atoms with Gasteiger partial charge < -0.3 is 70.6 Å². The zero-order valence-electron chi connectivity index (χ0n) is 17.8. The maximum atomic E-state index is 10.7. The van der Waals surface area contributed by atoms with Crippen molar-refractivity contribution in [3.8, 4) is 0 Å². The maximum absolute atomic E-state index is 10.7. The molecule has 3 rings (SSSR count). The Morgan fingerprint density at radius 2 is 1.52 bits per heavy atom. The number of aliphatic hydroxyl groups excluding tert-OH is 10. The molecule has 192 valence electrons. The van der Waals surface area contributed by atoms with E-state index >= 15 is 0 Å². The van der Waals surface area contributed by atoms with Crippen LogP contribution in [0.25, 0.3) is 0 Å². The van der Waals surface area contributed by atoms with Gasteiger partial charge in [0.25, 0.3) is 0 Å². The first-order valence-corrected chi connectivity index (χ1v) is 10.6. The summed E-state index contributed by atoms with van der Waals surface area (Å²) in [7, 11) is 0. The Kier molecular flexibility index (Phi) is 8.80. The van der Waals surface area contributed by atoms with Crippen LogP contribution >= 0.6 is 0 Å². The topological polar surface area (TPSA) is 242 Å². The van der Waals surface area contributed by atoms with Crippen molar-refractivity contribution < 1.29 is 65.3 Å². The Morgan fingerprint density at radius 1 is 0.848 bits per heavy atom. The SMILES string of the molecule is C[C@H]1O[C@@H](O[C@H]2[C@H](O)[C@@H](O)[C@H](O)O[C@H]2CO)[C@H](O)[C@@H](O)[C@H]1N[C@@H]1C=C(CO)[C@@H](O)[C@H](O)[C@@H]1O. The van der Waals surface area contributed by atoms with Crippen molar-refractivity contribution in [3.05, 3.63) is 11.6 Å². The molecule has 14 heteroatoms. The molecule has 2 heterocycles. The van der Waals surface area contributed by atoms with Gasteiger partial charge in [-0.15, -0.1) is 0 Å². The molecule has 14 nitrogen and oxygen atoms in total. The van der Waals surface area contributed by atoms with Gasteiger partial charge >= 0.3 is 0 Å². The first-order chi connectivity index (χ1) is 15.5. The number of nitrogens with one attached hydrogen (secondary N) is 1. The third kappa shape index (κ3) is 5.24. The van der Waals surface area contributed by atoms with Gasteiger partial charge in [-0.1, -0.05) is 6.08 Å². The van der Waals surface area contributed by atoms with Crippen molar-refractivity contribution in [1.29, 1.82) is 0 Å². The summed E-state index contributed by atoms with van der Waals surface area (Å²) in [5, 5.41) is 103. The van der Waals surface area contributed by atoms with Gasteiger partial charge in [0.05, 0.1) is 31.4 Å². The van der Waals surface area contributed by atoms with Crippen molar-refractivity contribution in [2.24, 2.45) is 0 Å². The van der Waals surface area contributed by atoms with E-state index in [1.807, 2.05) is 0 Å². The molecule has 0 aromatic heterocycles. The van der Waals surface area contributed by atoms with Gasteiger partial charge in [0.2, 0.25) is 0 Å². The summed E-state index contributed by atoms with van der Waals surface area (Å²) < 4.78 is 16.1. The molecule has 11 N–H and O–H groups in total. The third-order valence-corrected chi connectivity index (χ3v) is 6.36. The van der Waals surface area contributed by atoms with Crippen molar-refractivity contribution in [2.45, 2.75) is 92.6 Å². The van der Waals surface area contributed by atoms with Crippen LogP contribution in [-0.4, -0.2) is 150 Å². The molecule has 0 unspecified atom stereocenters. The van der Waals surface area contributed by atoms with Crippen LogP contribution in [0.2, 0.25) is 0 Å². The molecule has 0 aromatic carbocycles. The second-order valence-corrected chi connectivity index (χ2v) is 8.56. The highest BCUT2D eigenvalue weighted by Gasteiger charge is 2.50. The molecule has 33 heavy (non-hydrogen) atoms. The van der Waals surface area contributed by atoms with Crippen molar-refractivity contribution in [3.63, 3.8) is 0 Å². The van der Waals surface area contributed by atoms with E-state index in [1.54, 1.807) is 0 Å². The highest BCUT2D eigenvalue weighted by atomic mass is 16.7. The van der Waals surface area contributed by atoms with Crippen LogP contribution in [0.15, 0.2) is 11.6 Å². The third-order valence-electron chi connectivity index (χ3n) is 6.36. The number of hydrogen-bond acceptors (Lipinski definition) is 14. The van der Waals surface area contributed by atoms with Crippen LogP contribution < -0.4 is 5.32 Å². The molecule has 3 aliphatic rings. The summed E-state index contributed by atoms with van der Waals surface area (Å²) in [6, 6.07) is -2.02. The fraction of sp³-hybridized carbons (Fsp3) is 0.895. The van der Waals surface area contributed by atoms with E-state index in [0.717, 1.165) is 0 Å². The number of aliphatic hydroxyl groups is 10. The molecule has 0 aromatic rings. The zero-order chi connectivity index (χ0) is 24.6. The van der Waals surface area contributed by atoms with Crippen LogP contribution in [0.4, 0.5) is 0 Å². The minimum atomic E-state index is -1.76. The molecule has 0 saturated carbocycles. The van der Waals surface area contributed by atoms with Crippen LogP contribution in [0.3, 0.4) is 0 Å². The van der Waals surface area contributed by atoms with Gasteiger partial charge in [-0.25, -0.2) is 0 Å². The van der Waals surface area contributed by atoms with E-state index in [4.69, 9.17) is 14.2 Å². The predicted molar refractivity (Wildman–Crippen MR) is 105 cm³/mol. The van der Waals surface area contributed by atoms with Crippen LogP contribution in [0.5, 0.6) is 0 Å². The van der Waals surface area contributed by atoms with Gasteiger partial charge in [0, 0.05) is 0 Å². The monoisotopic (exact) mass is 483 g/mol. The molecule has 2 aliphatic heterocycles. The Labute approximate surface area is 188 Å². The van der Waals surface area contributed by atoms with Gasteiger partial charge in [-0.2, -0.15) is 0 Å². The van der Waals surface area contributed by atoms with E-state index in [0.29, 0.717) is 0 Å². The first kappa shape index (κ1) is 26.8. The molecule has 2 fully saturated rings. The molecule has 14 atom stereocenters. The molecule has 0 amide bonds. The van der Waals surface area contributed by atoms with Crippen molar-refractivity contribution >= 4 is 0 Å². The molecule has 0 bridgehead atoms. The Balaban J connectivity index is 1.71.